The first-order chi connectivity index (χ1) is 27.3. The maximum Gasteiger partial charge on any atom is 0.0637 e. The van der Waals surface area contributed by atoms with Gasteiger partial charge < -0.3 is 36.3 Å². The summed E-state index contributed by atoms with van der Waals surface area (Å²) in [5, 5.41) is 0. The minimum Gasteiger partial charge on any atom is -0.378 e. The Hall–Kier alpha value is -0.280. The lowest BCUT2D eigenvalue weighted by atomic mass is 9.43. The van der Waals surface area contributed by atoms with E-state index >= 15 is 0 Å². The average molecular weight is 789 g/mol. The van der Waals surface area contributed by atoms with Crippen LogP contribution in [0.3, 0.4) is 0 Å². The zero-order valence-electron chi connectivity index (χ0n) is 37.9. The van der Waals surface area contributed by atoms with Crippen LogP contribution in [0, 0.1) is 46.3 Å². The minimum absolute atomic E-state index is 0.174. The molecule has 0 aromatic carbocycles. The predicted octanol–water partition coefficient (Wildman–Crippen LogP) is 10.5. The molecule has 0 heterocycles. The lowest BCUT2D eigenvalue weighted by Crippen LogP contribution is -2.63. The average Bonchev–Trinajstić information content (AvgIpc) is 3.56. The van der Waals surface area contributed by atoms with Gasteiger partial charge in [0.2, 0.25) is 0 Å². The Labute approximate surface area is 347 Å². The maximum atomic E-state index is 7.13. The summed E-state index contributed by atoms with van der Waals surface area (Å²) < 4.78 is 20.6. The van der Waals surface area contributed by atoms with Crippen molar-refractivity contribution in [3.63, 3.8) is 0 Å². The van der Waals surface area contributed by atoms with Gasteiger partial charge in [0.05, 0.1) is 18.3 Å². The summed E-state index contributed by atoms with van der Waals surface area (Å²) in [6.07, 6.45) is 31.8. The standard InChI is InChI=1S/C49H96N4O3/c1-6-8-10-12-14-16-30-53(31-17-15-13-11-9-7-2)32-18-22-39(3)42-23-24-43-47-44(38-46(49(42,43)5)56-35-21-29-52)48(4)26-25-41(54-33-19-27-50)36-40(48)37-45(47)55-34-20-28-51/h39-47H,6-38,50-52H2,1-5H3/t39-,40?,41-,42-,43+,44+,45-,46+,47?,48+,49-/m1/s1. The van der Waals surface area contributed by atoms with Crippen LogP contribution < -0.4 is 17.2 Å². The van der Waals surface area contributed by atoms with Crippen molar-refractivity contribution in [3.05, 3.63) is 0 Å². The van der Waals surface area contributed by atoms with Crippen LogP contribution in [0.15, 0.2) is 0 Å². The van der Waals surface area contributed by atoms with E-state index in [-0.39, 0.29) is 5.41 Å². The van der Waals surface area contributed by atoms with Crippen LogP contribution in [0.4, 0.5) is 0 Å². The molecule has 0 amide bonds. The fourth-order valence-corrected chi connectivity index (χ4v) is 13.0. The van der Waals surface area contributed by atoms with Gasteiger partial charge in [-0.1, -0.05) is 98.8 Å². The Morgan fingerprint density at radius 3 is 1.80 bits per heavy atom. The quantitative estimate of drug-likeness (QED) is 0.0600. The summed E-state index contributed by atoms with van der Waals surface area (Å²) in [5.74, 6) is 3.91. The van der Waals surface area contributed by atoms with E-state index in [1.165, 1.54) is 148 Å². The molecule has 7 nitrogen and oxygen atoms in total. The second kappa shape index (κ2) is 26.1. The molecule has 4 rings (SSSR count). The summed E-state index contributed by atoms with van der Waals surface area (Å²) in [6, 6.07) is 0. The third-order valence-corrected chi connectivity index (χ3v) is 16.3. The van der Waals surface area contributed by atoms with Crippen LogP contribution in [-0.4, -0.2) is 82.3 Å². The number of hydrogen-bond donors (Lipinski definition) is 3. The van der Waals surface area contributed by atoms with E-state index < -0.39 is 0 Å². The van der Waals surface area contributed by atoms with Gasteiger partial charge >= 0.3 is 0 Å². The lowest BCUT2D eigenvalue weighted by molar-refractivity contribution is -0.227. The Bertz CT molecular complexity index is 1000. The number of fused-ring (bicyclic) bond motifs is 5. The first-order valence-corrected chi connectivity index (χ1v) is 25.0. The number of nitrogens with zero attached hydrogens (tertiary/aromatic N) is 1. The second-order valence-corrected chi connectivity index (χ2v) is 20.0. The minimum atomic E-state index is 0.174. The largest absolute Gasteiger partial charge is 0.378 e. The Kier molecular flexibility index (Phi) is 22.6. The van der Waals surface area contributed by atoms with Gasteiger partial charge in [-0.25, -0.2) is 0 Å². The highest BCUT2D eigenvalue weighted by molar-refractivity contribution is 5.15. The molecule has 4 saturated carbocycles. The fraction of sp³-hybridized carbons (Fsp3) is 1.00. The first kappa shape index (κ1) is 48.4. The number of unbranched alkanes of at least 4 members (excludes halogenated alkanes) is 10. The molecule has 330 valence electrons. The lowest BCUT2D eigenvalue weighted by Gasteiger charge is -2.65. The van der Waals surface area contributed by atoms with Gasteiger partial charge in [0.15, 0.2) is 0 Å². The zero-order valence-corrected chi connectivity index (χ0v) is 37.9. The van der Waals surface area contributed by atoms with Crippen molar-refractivity contribution in [1.82, 2.24) is 4.90 Å². The summed E-state index contributed by atoms with van der Waals surface area (Å²) in [7, 11) is 0. The van der Waals surface area contributed by atoms with Gasteiger partial charge in [0.25, 0.3) is 0 Å². The van der Waals surface area contributed by atoms with E-state index in [0.29, 0.717) is 78.9 Å². The number of ether oxygens (including phenoxy) is 3. The number of hydrogen-bond acceptors (Lipinski definition) is 7. The summed E-state index contributed by atoms with van der Waals surface area (Å²) in [6.45, 7) is 21.0. The highest BCUT2D eigenvalue weighted by Gasteiger charge is 2.66. The second-order valence-electron chi connectivity index (χ2n) is 20.0. The fourth-order valence-electron chi connectivity index (χ4n) is 13.0. The van der Waals surface area contributed by atoms with Gasteiger partial charge in [-0.05, 0) is 170 Å². The molecule has 4 aliphatic carbocycles. The third kappa shape index (κ3) is 13.4. The van der Waals surface area contributed by atoms with Crippen LogP contribution in [0.1, 0.15) is 189 Å². The van der Waals surface area contributed by atoms with E-state index in [2.05, 4.69) is 39.5 Å². The highest BCUT2D eigenvalue weighted by atomic mass is 16.5. The molecular formula is C49H96N4O3. The van der Waals surface area contributed by atoms with Crippen molar-refractivity contribution >= 4 is 0 Å². The van der Waals surface area contributed by atoms with Gasteiger partial charge in [0, 0.05) is 25.2 Å². The number of rotatable bonds is 31. The van der Waals surface area contributed by atoms with E-state index in [9.17, 15) is 0 Å². The molecule has 0 aromatic rings. The molecule has 0 spiro atoms. The molecule has 0 aromatic heterocycles. The molecule has 7 heteroatoms. The molecule has 0 bridgehead atoms. The summed E-state index contributed by atoms with van der Waals surface area (Å²) >= 11 is 0. The van der Waals surface area contributed by atoms with E-state index in [0.717, 1.165) is 45.5 Å². The monoisotopic (exact) mass is 789 g/mol. The smallest absolute Gasteiger partial charge is 0.0637 e. The van der Waals surface area contributed by atoms with Crippen molar-refractivity contribution in [3.8, 4) is 0 Å². The highest BCUT2D eigenvalue weighted by Crippen LogP contribution is 2.69. The number of nitrogens with two attached hydrogens (primary N) is 3. The molecule has 0 aliphatic heterocycles. The van der Waals surface area contributed by atoms with E-state index in [1.54, 1.807) is 0 Å². The van der Waals surface area contributed by atoms with Crippen LogP contribution in [0.25, 0.3) is 0 Å². The Morgan fingerprint density at radius 2 is 1.18 bits per heavy atom. The van der Waals surface area contributed by atoms with Crippen molar-refractivity contribution < 1.29 is 14.2 Å². The van der Waals surface area contributed by atoms with Crippen LogP contribution in [-0.2, 0) is 14.2 Å². The van der Waals surface area contributed by atoms with Crippen LogP contribution in [0.2, 0.25) is 0 Å². The van der Waals surface area contributed by atoms with Crippen molar-refractivity contribution in [1.29, 1.82) is 0 Å². The van der Waals surface area contributed by atoms with Crippen LogP contribution >= 0.6 is 0 Å². The topological polar surface area (TPSA) is 109 Å². The van der Waals surface area contributed by atoms with Crippen molar-refractivity contribution in [2.75, 3.05) is 59.1 Å². The van der Waals surface area contributed by atoms with Gasteiger partial charge in [-0.3, -0.25) is 0 Å². The summed E-state index contributed by atoms with van der Waals surface area (Å²) in [4.78, 5) is 2.86. The molecule has 4 aliphatic rings. The summed E-state index contributed by atoms with van der Waals surface area (Å²) in [5.41, 5.74) is 18.4. The van der Waals surface area contributed by atoms with Crippen molar-refractivity contribution in [2.45, 2.75) is 207 Å². The van der Waals surface area contributed by atoms with Gasteiger partial charge in [-0.2, -0.15) is 0 Å². The van der Waals surface area contributed by atoms with Crippen LogP contribution in [0.5, 0.6) is 0 Å². The Morgan fingerprint density at radius 1 is 0.607 bits per heavy atom. The maximum absolute atomic E-state index is 7.13. The van der Waals surface area contributed by atoms with Gasteiger partial charge in [-0.15, -0.1) is 0 Å². The molecular weight excluding hydrogens is 693 g/mol. The molecule has 0 saturated heterocycles. The molecule has 2 unspecified atom stereocenters. The Balaban J connectivity index is 1.47. The normalized spacial score (nSPS) is 33.4. The molecule has 0 radical (unpaired) electrons. The molecule has 56 heavy (non-hydrogen) atoms. The van der Waals surface area contributed by atoms with E-state index in [4.69, 9.17) is 31.4 Å². The molecule has 6 N–H and O–H groups in total. The SMILES string of the molecule is CCCCCCCCN(CCCCCCCC)CCC[C@@H](C)[C@H]1CC[C@H]2C3[C@H](OCCCN)CC4C[C@H](OCCCN)CC[C@]4(C)[C@H]3C[C@H](OCCCN)[C@]12C. The molecule has 11 atom stereocenters. The zero-order chi connectivity index (χ0) is 40.2. The molecule has 4 fully saturated rings. The van der Waals surface area contributed by atoms with E-state index in [1.807, 2.05) is 0 Å². The van der Waals surface area contributed by atoms with Crippen molar-refractivity contribution in [2.24, 2.45) is 63.5 Å². The first-order valence-electron chi connectivity index (χ1n) is 25.0. The van der Waals surface area contributed by atoms with Gasteiger partial charge in [0.1, 0.15) is 0 Å². The third-order valence-electron chi connectivity index (χ3n) is 16.3. The predicted molar refractivity (Wildman–Crippen MR) is 238 cm³/mol.